The highest BCUT2D eigenvalue weighted by atomic mass is 35.5. The molecule has 0 saturated carbocycles. The molecule has 2 N–H and O–H groups in total. The van der Waals surface area contributed by atoms with E-state index in [1.54, 1.807) is 25.1 Å². The number of benzene rings is 1. The van der Waals surface area contributed by atoms with Crippen LogP contribution in [-0.2, 0) is 12.7 Å². The van der Waals surface area contributed by atoms with Crippen molar-refractivity contribution in [2.45, 2.75) is 66.5 Å². The topological polar surface area (TPSA) is 92.9 Å². The second-order valence-corrected chi connectivity index (χ2v) is 8.06. The van der Waals surface area contributed by atoms with Crippen molar-refractivity contribution in [1.29, 1.82) is 0 Å². The first kappa shape index (κ1) is 33.0. The third-order valence-corrected chi connectivity index (χ3v) is 5.39. The van der Waals surface area contributed by atoms with Gasteiger partial charge in [0.2, 0.25) is 5.78 Å². The number of nitrogens with zero attached hydrogens (tertiary/aromatic N) is 4. The molecule has 0 aliphatic heterocycles. The first-order chi connectivity index (χ1) is 18.1. The maximum absolute atomic E-state index is 14.5. The Kier molecular flexibility index (Phi) is 13.9. The van der Waals surface area contributed by atoms with Crippen LogP contribution in [0.25, 0.3) is 0 Å². The van der Waals surface area contributed by atoms with E-state index >= 15 is 0 Å². The molecule has 0 radical (unpaired) electrons. The van der Waals surface area contributed by atoms with E-state index in [-0.39, 0.29) is 36.9 Å². The smallest absolute Gasteiger partial charge is 0.396 e. The number of halogens is 5. The molecule has 2 atom stereocenters. The van der Waals surface area contributed by atoms with E-state index in [0.29, 0.717) is 27.8 Å². The summed E-state index contributed by atoms with van der Waals surface area (Å²) in [5.74, 6) is -1.39. The van der Waals surface area contributed by atoms with Crippen molar-refractivity contribution in [1.82, 2.24) is 19.7 Å². The van der Waals surface area contributed by atoms with E-state index in [1.165, 1.54) is 6.07 Å². The Bertz CT molecular complexity index is 1140. The Morgan fingerprint density at radius 2 is 1.87 bits per heavy atom. The zero-order chi connectivity index (χ0) is 28.9. The average Bonchev–Trinajstić information content (AvgIpc) is 3.34. The van der Waals surface area contributed by atoms with Crippen molar-refractivity contribution >= 4 is 23.2 Å². The number of hydrogen-bond donors (Lipinski definition) is 2. The van der Waals surface area contributed by atoms with Crippen LogP contribution < -0.4 is 5.32 Å². The summed E-state index contributed by atoms with van der Waals surface area (Å²) in [6, 6.07) is 6.89. The lowest BCUT2D eigenvalue weighted by Crippen LogP contribution is -2.22. The monoisotopic (exact) mass is 559 g/mol. The van der Waals surface area contributed by atoms with Gasteiger partial charge in [-0.3, -0.25) is 9.48 Å². The average molecular weight is 560 g/mol. The molecule has 0 bridgehead atoms. The van der Waals surface area contributed by atoms with E-state index in [9.17, 15) is 27.5 Å². The van der Waals surface area contributed by atoms with E-state index in [2.05, 4.69) is 20.4 Å². The van der Waals surface area contributed by atoms with Crippen molar-refractivity contribution in [2.75, 3.05) is 11.9 Å². The number of rotatable bonds is 10. The number of ketones is 1. The SMILES string of the molecule is CC.CC.CCC(CO)CC(F)Nc1ncncc1C(=O)c1cc(C(F)(F)F)n(Cc2cccc(Cl)c2)n1. The summed E-state index contributed by atoms with van der Waals surface area (Å²) in [7, 11) is 0. The van der Waals surface area contributed by atoms with Gasteiger partial charge in [0.05, 0.1) is 12.1 Å². The van der Waals surface area contributed by atoms with Crippen LogP contribution in [0.4, 0.5) is 23.4 Å². The van der Waals surface area contributed by atoms with Gasteiger partial charge in [-0.05, 0) is 23.6 Å². The van der Waals surface area contributed by atoms with Gasteiger partial charge < -0.3 is 10.4 Å². The van der Waals surface area contributed by atoms with E-state index in [1.807, 2.05) is 27.7 Å². The van der Waals surface area contributed by atoms with Crippen LogP contribution in [0.2, 0.25) is 5.02 Å². The van der Waals surface area contributed by atoms with Crippen LogP contribution in [0.15, 0.2) is 42.9 Å². The summed E-state index contributed by atoms with van der Waals surface area (Å²) >= 11 is 5.91. The van der Waals surface area contributed by atoms with Crippen molar-refractivity contribution in [3.63, 3.8) is 0 Å². The first-order valence-electron chi connectivity index (χ1n) is 12.4. The molecule has 210 valence electrons. The molecule has 2 aromatic heterocycles. The number of aliphatic hydroxyl groups excluding tert-OH is 1. The molecule has 0 spiro atoms. The zero-order valence-electron chi connectivity index (χ0n) is 22.1. The molecule has 3 aromatic rings. The second kappa shape index (κ2) is 16.0. The van der Waals surface area contributed by atoms with Crippen LogP contribution in [0, 0.1) is 5.92 Å². The summed E-state index contributed by atoms with van der Waals surface area (Å²) in [6.45, 7) is 9.31. The van der Waals surface area contributed by atoms with E-state index in [4.69, 9.17) is 11.6 Å². The zero-order valence-corrected chi connectivity index (χ0v) is 22.8. The maximum atomic E-state index is 14.5. The van der Waals surface area contributed by atoms with Gasteiger partial charge in [-0.1, -0.05) is 64.8 Å². The molecule has 1 aromatic carbocycles. The number of carbonyl (C=O) groups excluding carboxylic acids is 1. The van der Waals surface area contributed by atoms with E-state index < -0.39 is 29.6 Å². The Balaban J connectivity index is 0.00000172. The lowest BCUT2D eigenvalue weighted by molar-refractivity contribution is -0.144. The number of nitrogens with one attached hydrogen (secondary N) is 1. The fraction of sp³-hybridized carbons (Fsp3) is 0.462. The fourth-order valence-corrected chi connectivity index (χ4v) is 3.52. The molecule has 0 fully saturated rings. The van der Waals surface area contributed by atoms with Gasteiger partial charge in [-0.2, -0.15) is 18.3 Å². The molecule has 12 heteroatoms. The summed E-state index contributed by atoms with van der Waals surface area (Å²) < 4.78 is 56.1. The summed E-state index contributed by atoms with van der Waals surface area (Å²) in [4.78, 5) is 20.6. The Morgan fingerprint density at radius 3 is 2.45 bits per heavy atom. The van der Waals surface area contributed by atoms with Gasteiger partial charge in [0, 0.05) is 30.3 Å². The lowest BCUT2D eigenvalue weighted by atomic mass is 10.0. The summed E-state index contributed by atoms with van der Waals surface area (Å²) in [6.07, 6.45) is -3.77. The molecule has 0 aliphatic rings. The van der Waals surface area contributed by atoms with Gasteiger partial charge >= 0.3 is 6.18 Å². The van der Waals surface area contributed by atoms with Gasteiger partial charge in [0.15, 0.2) is 6.30 Å². The van der Waals surface area contributed by atoms with E-state index in [0.717, 1.165) is 12.5 Å². The summed E-state index contributed by atoms with van der Waals surface area (Å²) in [5.41, 5.74) is -1.40. The Morgan fingerprint density at radius 1 is 1.18 bits per heavy atom. The highest BCUT2D eigenvalue weighted by Gasteiger charge is 2.37. The second-order valence-electron chi connectivity index (χ2n) is 7.62. The van der Waals surface area contributed by atoms with Crippen molar-refractivity contribution in [3.8, 4) is 0 Å². The summed E-state index contributed by atoms with van der Waals surface area (Å²) in [5, 5.41) is 15.9. The largest absolute Gasteiger partial charge is 0.433 e. The van der Waals surface area contributed by atoms with Gasteiger partial charge in [0.1, 0.15) is 23.5 Å². The predicted molar refractivity (Wildman–Crippen MR) is 140 cm³/mol. The molecule has 2 unspecified atom stereocenters. The molecular weight excluding hydrogens is 526 g/mol. The third kappa shape index (κ3) is 9.36. The molecule has 0 aliphatic carbocycles. The molecule has 38 heavy (non-hydrogen) atoms. The molecule has 2 heterocycles. The Hall–Kier alpha value is -3.05. The van der Waals surface area contributed by atoms with Crippen molar-refractivity contribution in [2.24, 2.45) is 5.92 Å². The third-order valence-electron chi connectivity index (χ3n) is 5.15. The van der Waals surface area contributed by atoms with Gasteiger partial charge in [0.25, 0.3) is 0 Å². The first-order valence-corrected chi connectivity index (χ1v) is 12.8. The number of aromatic nitrogens is 4. The predicted octanol–water partition coefficient (Wildman–Crippen LogP) is 6.79. The normalized spacial score (nSPS) is 12.4. The number of anilines is 1. The highest BCUT2D eigenvalue weighted by molar-refractivity contribution is 6.30. The molecule has 0 saturated heterocycles. The van der Waals surface area contributed by atoms with Crippen LogP contribution in [-0.4, -0.2) is 43.5 Å². The quantitative estimate of drug-likeness (QED) is 0.161. The minimum absolute atomic E-state index is 0.0445. The van der Waals surface area contributed by atoms with Crippen LogP contribution >= 0.6 is 11.6 Å². The molecular formula is C26H34ClF4N5O2. The minimum Gasteiger partial charge on any atom is -0.396 e. The van der Waals surface area contributed by atoms with Crippen molar-refractivity contribution in [3.05, 3.63) is 70.4 Å². The van der Waals surface area contributed by atoms with Crippen molar-refractivity contribution < 1.29 is 27.5 Å². The van der Waals surface area contributed by atoms with Crippen LogP contribution in [0.1, 0.15) is 74.8 Å². The standard InChI is InChI=1S/C22H22ClF4N5O2.2C2H6/c1-2-13(11-33)7-19(24)30-21-16(9-28-12-29-21)20(34)17-8-18(22(25,26)27)32(31-17)10-14-4-3-5-15(23)6-14;2*1-2/h3-6,8-9,12-13,19,33H,2,7,10-11H2,1H3,(H,28,29,30);2*1-2H3. The van der Waals surface area contributed by atoms with Crippen LogP contribution in [0.3, 0.4) is 0 Å². The van der Waals surface area contributed by atoms with Gasteiger partial charge in [-0.15, -0.1) is 0 Å². The number of hydrogen-bond acceptors (Lipinski definition) is 6. The minimum atomic E-state index is -4.78. The Labute approximate surface area is 225 Å². The molecule has 0 amide bonds. The number of carbonyl (C=O) groups is 1. The fourth-order valence-electron chi connectivity index (χ4n) is 3.30. The van der Waals surface area contributed by atoms with Gasteiger partial charge in [-0.25, -0.2) is 14.4 Å². The maximum Gasteiger partial charge on any atom is 0.433 e. The number of aliphatic hydroxyl groups is 1. The molecule has 7 nitrogen and oxygen atoms in total. The lowest BCUT2D eigenvalue weighted by Gasteiger charge is -2.17. The van der Waals surface area contributed by atoms with Crippen LogP contribution in [0.5, 0.6) is 0 Å². The number of alkyl halides is 4. The highest BCUT2D eigenvalue weighted by Crippen LogP contribution is 2.31. The molecule has 3 rings (SSSR count).